The molecule has 1 rings (SSSR count). The summed E-state index contributed by atoms with van der Waals surface area (Å²) in [6.45, 7) is 15.4. The van der Waals surface area contributed by atoms with Crippen LogP contribution in [-0.4, -0.2) is 42.8 Å². The molecule has 26 heavy (non-hydrogen) atoms. The van der Waals surface area contributed by atoms with Gasteiger partial charge in [0.2, 0.25) is 5.88 Å². The molecule has 0 aliphatic carbocycles. The minimum atomic E-state index is 0.127. The lowest BCUT2D eigenvalue weighted by Crippen LogP contribution is -2.39. The second kappa shape index (κ2) is 12.5. The summed E-state index contributed by atoms with van der Waals surface area (Å²) in [6, 6.07) is 3.89. The van der Waals surface area contributed by atoms with Crippen LogP contribution in [0.4, 0.5) is 0 Å². The van der Waals surface area contributed by atoms with Crippen molar-refractivity contribution in [2.24, 2.45) is 10.9 Å². The van der Waals surface area contributed by atoms with Crippen molar-refractivity contribution >= 4 is 5.96 Å². The molecule has 0 aromatic carbocycles. The first kappa shape index (κ1) is 22.2. The molecule has 0 amide bonds. The van der Waals surface area contributed by atoms with Crippen molar-refractivity contribution in [2.75, 3.05) is 19.7 Å². The largest absolute Gasteiger partial charge is 0.475 e. The number of nitrogens with one attached hydrogen (secondary N) is 2. The molecule has 1 aromatic heterocycles. The second-order valence-electron chi connectivity index (χ2n) is 6.82. The average Bonchev–Trinajstić information content (AvgIpc) is 2.59. The van der Waals surface area contributed by atoms with E-state index < -0.39 is 0 Å². The zero-order valence-electron chi connectivity index (χ0n) is 17.2. The molecular weight excluding hydrogens is 328 g/mol. The van der Waals surface area contributed by atoms with Gasteiger partial charge in [-0.15, -0.1) is 0 Å². The van der Waals surface area contributed by atoms with E-state index in [9.17, 15) is 0 Å². The van der Waals surface area contributed by atoms with Crippen molar-refractivity contribution in [2.45, 2.75) is 66.7 Å². The molecule has 1 heterocycles. The summed E-state index contributed by atoms with van der Waals surface area (Å²) in [6.07, 6.45) is 3.17. The fraction of sp³-hybridized carbons (Fsp3) is 0.700. The Morgan fingerprint density at radius 1 is 1.15 bits per heavy atom. The van der Waals surface area contributed by atoms with Crippen molar-refractivity contribution in [3.8, 4) is 5.88 Å². The minimum Gasteiger partial charge on any atom is -0.475 e. The predicted molar refractivity (Wildman–Crippen MR) is 108 cm³/mol. The number of pyridine rings is 1. The Labute approximate surface area is 158 Å². The highest BCUT2D eigenvalue weighted by molar-refractivity contribution is 5.79. The fourth-order valence-corrected chi connectivity index (χ4v) is 2.48. The zero-order chi connectivity index (χ0) is 19.4. The zero-order valence-corrected chi connectivity index (χ0v) is 17.2. The van der Waals surface area contributed by atoms with Crippen LogP contribution in [0, 0.1) is 5.92 Å². The van der Waals surface area contributed by atoms with E-state index in [4.69, 9.17) is 9.47 Å². The van der Waals surface area contributed by atoms with Gasteiger partial charge in [0.05, 0.1) is 18.8 Å². The number of ether oxygens (including phenoxy) is 2. The molecule has 0 fully saturated rings. The smallest absolute Gasteiger partial charge is 0.213 e. The van der Waals surface area contributed by atoms with Crippen LogP contribution in [0.1, 0.15) is 53.5 Å². The number of hydrogen-bond acceptors (Lipinski definition) is 4. The standard InChI is InChI=1S/C20H36N4O2/c1-7-21-20(22-12-11-18(15(3)4)25-8-2)24-14-17-9-10-19(23-13-17)26-16(5)6/h9-10,13,15-16,18H,7-8,11-12,14H2,1-6H3,(H2,21,22,24). The molecule has 0 saturated carbocycles. The van der Waals surface area contributed by atoms with E-state index in [0.717, 1.165) is 37.6 Å². The summed E-state index contributed by atoms with van der Waals surface area (Å²) in [5.74, 6) is 1.97. The molecule has 0 saturated heterocycles. The topological polar surface area (TPSA) is 67.8 Å². The molecule has 1 unspecified atom stereocenters. The highest BCUT2D eigenvalue weighted by atomic mass is 16.5. The Hall–Kier alpha value is -1.82. The van der Waals surface area contributed by atoms with Crippen molar-refractivity contribution in [3.05, 3.63) is 23.9 Å². The first-order chi connectivity index (χ1) is 12.5. The van der Waals surface area contributed by atoms with Crippen LogP contribution in [-0.2, 0) is 11.3 Å². The lowest BCUT2D eigenvalue weighted by molar-refractivity contribution is 0.0258. The molecule has 6 nitrogen and oxygen atoms in total. The Bertz CT molecular complexity index is 515. The third kappa shape index (κ3) is 9.04. The van der Waals surface area contributed by atoms with Crippen LogP contribution < -0.4 is 15.4 Å². The Morgan fingerprint density at radius 3 is 2.46 bits per heavy atom. The van der Waals surface area contributed by atoms with Crippen LogP contribution in [0.2, 0.25) is 0 Å². The normalized spacial score (nSPS) is 13.2. The van der Waals surface area contributed by atoms with E-state index in [0.29, 0.717) is 18.3 Å². The maximum Gasteiger partial charge on any atom is 0.213 e. The van der Waals surface area contributed by atoms with E-state index in [1.807, 2.05) is 39.1 Å². The van der Waals surface area contributed by atoms with Crippen LogP contribution in [0.15, 0.2) is 23.3 Å². The van der Waals surface area contributed by atoms with Gasteiger partial charge in [-0.25, -0.2) is 9.98 Å². The minimum absolute atomic E-state index is 0.127. The van der Waals surface area contributed by atoms with Crippen molar-refractivity contribution in [3.63, 3.8) is 0 Å². The Balaban J connectivity index is 2.54. The fourth-order valence-electron chi connectivity index (χ4n) is 2.48. The van der Waals surface area contributed by atoms with Gasteiger partial charge in [-0.1, -0.05) is 19.9 Å². The van der Waals surface area contributed by atoms with Gasteiger partial charge in [0, 0.05) is 32.0 Å². The second-order valence-corrected chi connectivity index (χ2v) is 6.82. The average molecular weight is 365 g/mol. The molecule has 148 valence electrons. The number of aromatic nitrogens is 1. The highest BCUT2D eigenvalue weighted by Gasteiger charge is 2.12. The monoisotopic (exact) mass is 364 g/mol. The van der Waals surface area contributed by atoms with E-state index in [2.05, 4.69) is 41.4 Å². The summed E-state index contributed by atoms with van der Waals surface area (Å²) in [5, 5.41) is 6.66. The summed E-state index contributed by atoms with van der Waals surface area (Å²) in [5.41, 5.74) is 1.05. The highest BCUT2D eigenvalue weighted by Crippen LogP contribution is 2.11. The van der Waals surface area contributed by atoms with Gasteiger partial charge in [-0.3, -0.25) is 0 Å². The Morgan fingerprint density at radius 2 is 1.92 bits per heavy atom. The maximum absolute atomic E-state index is 5.79. The van der Waals surface area contributed by atoms with E-state index in [-0.39, 0.29) is 12.2 Å². The van der Waals surface area contributed by atoms with E-state index in [1.54, 1.807) is 0 Å². The maximum atomic E-state index is 5.79. The molecule has 0 aliphatic heterocycles. The van der Waals surface area contributed by atoms with Gasteiger partial charge in [0.15, 0.2) is 5.96 Å². The van der Waals surface area contributed by atoms with E-state index >= 15 is 0 Å². The Kier molecular flexibility index (Phi) is 10.7. The van der Waals surface area contributed by atoms with Crippen molar-refractivity contribution in [1.29, 1.82) is 0 Å². The first-order valence-corrected chi connectivity index (χ1v) is 9.71. The first-order valence-electron chi connectivity index (χ1n) is 9.71. The van der Waals surface area contributed by atoms with Gasteiger partial charge in [-0.05, 0) is 45.6 Å². The number of hydrogen-bond donors (Lipinski definition) is 2. The number of aliphatic imine (C=N–C) groups is 1. The van der Waals surface area contributed by atoms with E-state index in [1.165, 1.54) is 0 Å². The van der Waals surface area contributed by atoms with Crippen LogP contribution in [0.5, 0.6) is 5.88 Å². The van der Waals surface area contributed by atoms with Gasteiger partial charge in [-0.2, -0.15) is 0 Å². The van der Waals surface area contributed by atoms with Crippen molar-refractivity contribution in [1.82, 2.24) is 15.6 Å². The van der Waals surface area contributed by atoms with Gasteiger partial charge >= 0.3 is 0 Å². The lowest BCUT2D eigenvalue weighted by Gasteiger charge is -2.21. The predicted octanol–water partition coefficient (Wildman–Crippen LogP) is 3.38. The molecule has 6 heteroatoms. The summed E-state index contributed by atoms with van der Waals surface area (Å²) < 4.78 is 11.4. The molecule has 2 N–H and O–H groups in total. The number of rotatable bonds is 11. The van der Waals surface area contributed by atoms with Crippen LogP contribution in [0.25, 0.3) is 0 Å². The van der Waals surface area contributed by atoms with Gasteiger partial charge in [0.1, 0.15) is 0 Å². The van der Waals surface area contributed by atoms with Gasteiger partial charge in [0.25, 0.3) is 0 Å². The third-order valence-electron chi connectivity index (χ3n) is 3.76. The molecule has 0 spiro atoms. The van der Waals surface area contributed by atoms with Crippen molar-refractivity contribution < 1.29 is 9.47 Å². The third-order valence-corrected chi connectivity index (χ3v) is 3.76. The number of nitrogens with zero attached hydrogens (tertiary/aromatic N) is 2. The molecule has 1 aromatic rings. The lowest BCUT2D eigenvalue weighted by atomic mass is 10.0. The molecule has 0 aliphatic rings. The summed E-state index contributed by atoms with van der Waals surface area (Å²) in [4.78, 5) is 8.95. The number of guanidine groups is 1. The molecule has 0 radical (unpaired) electrons. The van der Waals surface area contributed by atoms with Gasteiger partial charge < -0.3 is 20.1 Å². The van der Waals surface area contributed by atoms with Crippen LogP contribution in [0.3, 0.4) is 0 Å². The summed E-state index contributed by atoms with van der Waals surface area (Å²) in [7, 11) is 0. The quantitative estimate of drug-likeness (QED) is 0.465. The SMILES string of the molecule is CCNC(=NCc1ccc(OC(C)C)nc1)NCCC(OCC)C(C)C. The van der Waals surface area contributed by atoms with Crippen LogP contribution >= 0.6 is 0 Å². The molecule has 1 atom stereocenters. The summed E-state index contributed by atoms with van der Waals surface area (Å²) >= 11 is 0. The molecule has 0 bridgehead atoms. The molecular formula is C20H36N4O2.